The zero-order valence-electron chi connectivity index (χ0n) is 13.6. The first-order valence-corrected chi connectivity index (χ1v) is 9.06. The number of anilines is 1. The van der Waals surface area contributed by atoms with Gasteiger partial charge in [0.15, 0.2) is 5.13 Å². The molecule has 0 radical (unpaired) electrons. The highest BCUT2D eigenvalue weighted by molar-refractivity contribution is 7.17. The van der Waals surface area contributed by atoms with Crippen LogP contribution in [-0.2, 0) is 11.2 Å². The molecule has 0 aliphatic carbocycles. The number of carbonyl (C=O) groups is 2. The number of nitrogens with one attached hydrogen (secondary N) is 1. The van der Waals surface area contributed by atoms with Crippen molar-refractivity contribution in [2.24, 2.45) is 0 Å². The van der Waals surface area contributed by atoms with Gasteiger partial charge in [0.05, 0.1) is 24.0 Å². The molecule has 0 saturated carbocycles. The van der Waals surface area contributed by atoms with Gasteiger partial charge in [0.2, 0.25) is 0 Å². The van der Waals surface area contributed by atoms with Crippen molar-refractivity contribution < 1.29 is 14.3 Å². The summed E-state index contributed by atoms with van der Waals surface area (Å²) in [6, 6.07) is 9.97. The molecule has 1 N–H and O–H groups in total. The third-order valence-corrected chi connectivity index (χ3v) is 5.41. The molecule has 2 aromatic heterocycles. The Morgan fingerprint density at radius 1 is 1.20 bits per heavy atom. The molecule has 0 bridgehead atoms. The number of nitrogens with zero attached hydrogens (tertiary/aromatic N) is 2. The van der Waals surface area contributed by atoms with Crippen LogP contribution in [0.3, 0.4) is 0 Å². The Labute approximate surface area is 152 Å². The van der Waals surface area contributed by atoms with Crippen molar-refractivity contribution in [1.29, 1.82) is 0 Å². The lowest BCUT2D eigenvalue weighted by atomic mass is 10.2. The van der Waals surface area contributed by atoms with E-state index in [0.29, 0.717) is 27.0 Å². The van der Waals surface area contributed by atoms with E-state index in [9.17, 15) is 9.59 Å². The van der Waals surface area contributed by atoms with Crippen LogP contribution in [0.1, 0.15) is 35.6 Å². The van der Waals surface area contributed by atoms with Crippen molar-refractivity contribution in [3.8, 4) is 0 Å². The number of hydrogen-bond donors (Lipinski definition) is 1. The zero-order valence-corrected chi connectivity index (χ0v) is 15.2. The van der Waals surface area contributed by atoms with E-state index in [-0.39, 0.29) is 5.91 Å². The van der Waals surface area contributed by atoms with E-state index in [1.165, 1.54) is 24.6 Å². The van der Waals surface area contributed by atoms with Crippen molar-refractivity contribution in [2.45, 2.75) is 13.3 Å². The fourth-order valence-electron chi connectivity index (χ4n) is 2.19. The number of methoxy groups -OCH3 is 1. The number of esters is 1. The molecule has 0 aliphatic rings. The molecule has 0 atom stereocenters. The molecule has 3 rings (SSSR count). The highest BCUT2D eigenvalue weighted by Gasteiger charge is 2.18. The number of thiazole rings is 2. The van der Waals surface area contributed by atoms with Gasteiger partial charge in [-0.2, -0.15) is 0 Å². The number of rotatable bonds is 5. The van der Waals surface area contributed by atoms with Crippen LogP contribution in [0.4, 0.5) is 5.13 Å². The van der Waals surface area contributed by atoms with Crippen LogP contribution in [0.15, 0.2) is 36.5 Å². The Balaban J connectivity index is 1.72. The molecule has 8 heteroatoms. The number of aromatic nitrogens is 2. The lowest BCUT2D eigenvalue weighted by Gasteiger charge is -1.99. The van der Waals surface area contributed by atoms with Gasteiger partial charge in [0, 0.05) is 6.42 Å². The van der Waals surface area contributed by atoms with Crippen LogP contribution in [0, 0.1) is 6.92 Å². The fraction of sp³-hybridized carbons (Fsp3) is 0.176. The highest BCUT2D eigenvalue weighted by Crippen LogP contribution is 2.24. The molecular formula is C17H15N3O3S2. The summed E-state index contributed by atoms with van der Waals surface area (Å²) >= 11 is 2.43. The molecule has 2 heterocycles. The fourth-order valence-corrected chi connectivity index (χ4v) is 3.91. The maximum absolute atomic E-state index is 12.5. The molecule has 0 fully saturated rings. The smallest absolute Gasteiger partial charge is 0.349 e. The predicted octanol–water partition coefficient (Wildman–Crippen LogP) is 3.54. The second-order valence-corrected chi connectivity index (χ2v) is 7.27. The van der Waals surface area contributed by atoms with Crippen molar-refractivity contribution in [2.75, 3.05) is 12.4 Å². The van der Waals surface area contributed by atoms with Gasteiger partial charge in [0.25, 0.3) is 5.91 Å². The monoisotopic (exact) mass is 373 g/mol. The second-order valence-electron chi connectivity index (χ2n) is 5.16. The normalized spacial score (nSPS) is 10.5. The van der Waals surface area contributed by atoms with Gasteiger partial charge in [-0.3, -0.25) is 10.1 Å². The van der Waals surface area contributed by atoms with Crippen molar-refractivity contribution in [3.05, 3.63) is 62.5 Å². The minimum Gasteiger partial charge on any atom is -0.465 e. The van der Waals surface area contributed by atoms with E-state index >= 15 is 0 Å². The molecule has 3 aromatic rings. The number of amides is 1. The summed E-state index contributed by atoms with van der Waals surface area (Å²) in [7, 11) is 1.30. The Kier molecular flexibility index (Phi) is 5.20. The van der Waals surface area contributed by atoms with Gasteiger partial charge in [-0.25, -0.2) is 14.8 Å². The number of benzene rings is 1. The molecule has 0 unspecified atom stereocenters. The van der Waals surface area contributed by atoms with Gasteiger partial charge >= 0.3 is 5.97 Å². The number of hydrogen-bond acceptors (Lipinski definition) is 7. The SMILES string of the molecule is COC(=O)c1cnc(NC(=O)c2sc(Cc3ccccc3)nc2C)s1. The predicted molar refractivity (Wildman–Crippen MR) is 97.5 cm³/mol. The lowest BCUT2D eigenvalue weighted by molar-refractivity contribution is 0.0606. The maximum atomic E-state index is 12.5. The van der Waals surface area contributed by atoms with Crippen LogP contribution < -0.4 is 5.32 Å². The molecular weight excluding hydrogens is 358 g/mol. The van der Waals surface area contributed by atoms with Gasteiger partial charge in [0.1, 0.15) is 9.75 Å². The van der Waals surface area contributed by atoms with Crippen molar-refractivity contribution in [1.82, 2.24) is 9.97 Å². The van der Waals surface area contributed by atoms with Crippen LogP contribution in [0.5, 0.6) is 0 Å². The van der Waals surface area contributed by atoms with E-state index in [1.807, 2.05) is 37.3 Å². The van der Waals surface area contributed by atoms with E-state index in [0.717, 1.165) is 21.9 Å². The van der Waals surface area contributed by atoms with Crippen molar-refractivity contribution >= 4 is 39.7 Å². The summed E-state index contributed by atoms with van der Waals surface area (Å²) in [5.41, 5.74) is 1.82. The Bertz CT molecular complexity index is 903. The molecule has 128 valence electrons. The quantitative estimate of drug-likeness (QED) is 0.692. The second kappa shape index (κ2) is 7.54. The molecule has 0 saturated heterocycles. The average molecular weight is 373 g/mol. The van der Waals surface area contributed by atoms with E-state index in [1.54, 1.807) is 0 Å². The first-order valence-electron chi connectivity index (χ1n) is 7.42. The third-order valence-electron chi connectivity index (χ3n) is 3.36. The summed E-state index contributed by atoms with van der Waals surface area (Å²) in [6.07, 6.45) is 2.07. The molecule has 1 amide bonds. The minimum atomic E-state index is -0.475. The third kappa shape index (κ3) is 4.09. The number of aryl methyl sites for hydroxylation is 1. The summed E-state index contributed by atoms with van der Waals surface area (Å²) in [5.74, 6) is -0.753. The van der Waals surface area contributed by atoms with Crippen LogP contribution in [-0.4, -0.2) is 29.0 Å². The van der Waals surface area contributed by atoms with Gasteiger partial charge in [-0.15, -0.1) is 11.3 Å². The topological polar surface area (TPSA) is 81.2 Å². The van der Waals surface area contributed by atoms with Gasteiger partial charge in [-0.05, 0) is 12.5 Å². The largest absolute Gasteiger partial charge is 0.465 e. The first kappa shape index (κ1) is 17.2. The van der Waals surface area contributed by atoms with Gasteiger partial charge < -0.3 is 4.74 Å². The molecule has 6 nitrogen and oxygen atoms in total. The summed E-state index contributed by atoms with van der Waals surface area (Å²) in [6.45, 7) is 1.81. The Morgan fingerprint density at radius 2 is 1.96 bits per heavy atom. The van der Waals surface area contributed by atoms with E-state index < -0.39 is 5.97 Å². The van der Waals surface area contributed by atoms with Crippen molar-refractivity contribution in [3.63, 3.8) is 0 Å². The van der Waals surface area contributed by atoms with E-state index in [4.69, 9.17) is 0 Å². The first-order chi connectivity index (χ1) is 12.1. The molecule has 0 aliphatic heterocycles. The van der Waals surface area contributed by atoms with Crippen LogP contribution >= 0.6 is 22.7 Å². The summed E-state index contributed by atoms with van der Waals surface area (Å²) in [5, 5.41) is 3.93. The standard InChI is InChI=1S/C17H15N3O3S2/c1-10-14(25-13(19-10)8-11-6-4-3-5-7-11)15(21)20-17-18-9-12(24-17)16(22)23-2/h3-7,9H,8H2,1-2H3,(H,18,20,21). The number of carbonyl (C=O) groups excluding carboxylic acids is 2. The van der Waals surface area contributed by atoms with E-state index in [2.05, 4.69) is 20.0 Å². The summed E-state index contributed by atoms with van der Waals surface area (Å²) in [4.78, 5) is 33.3. The number of ether oxygens (including phenoxy) is 1. The maximum Gasteiger partial charge on any atom is 0.349 e. The Hall–Kier alpha value is -2.58. The lowest BCUT2D eigenvalue weighted by Crippen LogP contribution is -2.11. The van der Waals surface area contributed by atoms with Crippen LogP contribution in [0.2, 0.25) is 0 Å². The Morgan fingerprint density at radius 3 is 2.68 bits per heavy atom. The molecule has 1 aromatic carbocycles. The average Bonchev–Trinajstić information content (AvgIpc) is 3.21. The van der Waals surface area contributed by atoms with Gasteiger partial charge in [-0.1, -0.05) is 41.7 Å². The molecule has 0 spiro atoms. The highest BCUT2D eigenvalue weighted by atomic mass is 32.1. The molecule has 25 heavy (non-hydrogen) atoms. The zero-order chi connectivity index (χ0) is 17.8. The summed E-state index contributed by atoms with van der Waals surface area (Å²) < 4.78 is 4.63. The van der Waals surface area contributed by atoms with Crippen LogP contribution in [0.25, 0.3) is 0 Å². The minimum absolute atomic E-state index is 0.278.